The average molecular weight is 421 g/mol. The Morgan fingerprint density at radius 2 is 2.03 bits per heavy atom. The van der Waals surface area contributed by atoms with Crippen LogP contribution in [0.15, 0.2) is 34.5 Å². The molecule has 29 heavy (non-hydrogen) atoms. The number of hydrogen-bond acceptors (Lipinski definition) is 8. The average Bonchev–Trinajstić information content (AvgIpc) is 3.01. The Balaban J connectivity index is 1.72. The van der Waals surface area contributed by atoms with Gasteiger partial charge in [0.25, 0.3) is 0 Å². The third-order valence-corrected chi connectivity index (χ3v) is 4.79. The Morgan fingerprint density at radius 3 is 2.72 bits per heavy atom. The number of esters is 1. The first-order valence-electron chi connectivity index (χ1n) is 9.16. The molecule has 1 aromatic carbocycles. The molecule has 9 nitrogen and oxygen atoms in total. The lowest BCUT2D eigenvalue weighted by molar-refractivity contribution is -0.143. The third-order valence-electron chi connectivity index (χ3n) is 3.72. The van der Waals surface area contributed by atoms with Crippen LogP contribution in [0.3, 0.4) is 0 Å². The van der Waals surface area contributed by atoms with Crippen LogP contribution in [0.2, 0.25) is 0 Å². The Kier molecular flexibility index (Phi) is 9.16. The molecule has 2 N–H and O–H groups in total. The summed E-state index contributed by atoms with van der Waals surface area (Å²) in [6.07, 6.45) is 3.12. The molecule has 156 valence electrons. The number of carboxylic acid groups (broad SMARTS) is 1. The number of carbonyl (C=O) groups excluding carboxylic acids is 2. The van der Waals surface area contributed by atoms with E-state index in [1.807, 2.05) is 12.1 Å². The predicted molar refractivity (Wildman–Crippen MR) is 109 cm³/mol. The molecule has 10 heteroatoms. The first kappa shape index (κ1) is 22.4. The van der Waals surface area contributed by atoms with Crippen molar-refractivity contribution in [2.45, 2.75) is 37.9 Å². The van der Waals surface area contributed by atoms with Crippen molar-refractivity contribution in [3.8, 4) is 5.75 Å². The fourth-order valence-electron chi connectivity index (χ4n) is 2.34. The van der Waals surface area contributed by atoms with Crippen LogP contribution in [0.1, 0.15) is 38.2 Å². The second-order valence-electron chi connectivity index (χ2n) is 6.02. The number of ether oxygens (including phenoxy) is 2. The van der Waals surface area contributed by atoms with E-state index in [9.17, 15) is 14.4 Å². The number of benzene rings is 1. The molecule has 1 aromatic rings. The molecule has 1 heterocycles. The highest BCUT2D eigenvalue weighted by Crippen LogP contribution is 2.22. The van der Waals surface area contributed by atoms with Gasteiger partial charge in [0, 0.05) is 6.42 Å². The van der Waals surface area contributed by atoms with Gasteiger partial charge in [-0.05, 0) is 49.6 Å². The summed E-state index contributed by atoms with van der Waals surface area (Å²) in [5.41, 5.74) is 0.792. The zero-order valence-electron chi connectivity index (χ0n) is 16.0. The number of carboxylic acids is 1. The molecule has 1 amide bonds. The monoisotopic (exact) mass is 421 g/mol. The number of nitrogens with zero attached hydrogens (tertiary/aromatic N) is 2. The van der Waals surface area contributed by atoms with Gasteiger partial charge in [0.2, 0.25) is 5.91 Å². The molecule has 0 saturated carbocycles. The highest BCUT2D eigenvalue weighted by Gasteiger charge is 2.32. The topological polar surface area (TPSA) is 127 Å². The van der Waals surface area contributed by atoms with Crippen LogP contribution >= 0.6 is 11.8 Å². The molecule has 1 unspecified atom stereocenters. The number of thioether (sulfide) groups is 1. The molecule has 0 aromatic heterocycles. The van der Waals surface area contributed by atoms with Gasteiger partial charge in [-0.1, -0.05) is 11.8 Å². The number of unbranched alkanes of at least 4 members (excludes halogenated alkanes) is 1. The van der Waals surface area contributed by atoms with Crippen molar-refractivity contribution in [2.75, 3.05) is 13.2 Å². The van der Waals surface area contributed by atoms with E-state index in [0.717, 1.165) is 23.7 Å². The van der Waals surface area contributed by atoms with E-state index in [4.69, 9.17) is 14.6 Å². The van der Waals surface area contributed by atoms with Crippen LogP contribution < -0.4 is 10.1 Å². The molecule has 2 rings (SSSR count). The number of nitrogens with one attached hydrogen (secondary N) is 1. The molecule has 0 spiro atoms. The van der Waals surface area contributed by atoms with Crippen molar-refractivity contribution in [3.63, 3.8) is 0 Å². The molecular formula is C19H23N3O6S. The fraction of sp³-hybridized carbons (Fsp3) is 0.421. The van der Waals surface area contributed by atoms with E-state index in [1.54, 1.807) is 19.1 Å². The summed E-state index contributed by atoms with van der Waals surface area (Å²) in [4.78, 5) is 33.5. The van der Waals surface area contributed by atoms with Gasteiger partial charge < -0.3 is 19.9 Å². The maximum Gasteiger partial charge on any atom is 0.305 e. The standard InChI is InChI=1S/C19H23N3O6S/c1-2-27-17(25)5-3-4-10-28-14-8-6-13(7-9-14)12-20-22-19-21-18(26)15(29-19)11-16(23)24/h6-9,12,15H,2-5,10-11H2,1H3,(H,23,24)(H,21,22,26). The Morgan fingerprint density at radius 1 is 1.28 bits per heavy atom. The zero-order chi connectivity index (χ0) is 21.1. The number of amides is 1. The molecule has 1 saturated heterocycles. The minimum absolute atomic E-state index is 0.187. The molecule has 1 fully saturated rings. The lowest BCUT2D eigenvalue weighted by Gasteiger charge is -2.06. The smallest absolute Gasteiger partial charge is 0.305 e. The molecule has 0 radical (unpaired) electrons. The highest BCUT2D eigenvalue weighted by atomic mass is 32.2. The molecule has 0 bridgehead atoms. The van der Waals surface area contributed by atoms with Crippen LogP contribution in [-0.4, -0.2) is 52.8 Å². The number of aliphatic carboxylic acids is 1. The lowest BCUT2D eigenvalue weighted by atomic mass is 10.2. The van der Waals surface area contributed by atoms with Gasteiger partial charge in [0.15, 0.2) is 5.17 Å². The van der Waals surface area contributed by atoms with Crippen molar-refractivity contribution in [1.82, 2.24) is 5.32 Å². The second kappa shape index (κ2) is 11.8. The predicted octanol–water partition coefficient (Wildman–Crippen LogP) is 2.19. The van der Waals surface area contributed by atoms with E-state index >= 15 is 0 Å². The van der Waals surface area contributed by atoms with Gasteiger partial charge in [-0.3, -0.25) is 14.4 Å². The van der Waals surface area contributed by atoms with Crippen LogP contribution in [0.4, 0.5) is 0 Å². The summed E-state index contributed by atoms with van der Waals surface area (Å²) in [7, 11) is 0. The summed E-state index contributed by atoms with van der Waals surface area (Å²) in [6.45, 7) is 2.69. The summed E-state index contributed by atoms with van der Waals surface area (Å²) >= 11 is 1.05. The van der Waals surface area contributed by atoms with E-state index in [2.05, 4.69) is 15.5 Å². The first-order valence-corrected chi connectivity index (χ1v) is 10.0. The number of amidine groups is 1. The van der Waals surface area contributed by atoms with Crippen molar-refractivity contribution in [1.29, 1.82) is 0 Å². The largest absolute Gasteiger partial charge is 0.494 e. The molecule has 1 aliphatic heterocycles. The number of rotatable bonds is 11. The minimum Gasteiger partial charge on any atom is -0.494 e. The van der Waals surface area contributed by atoms with Crippen molar-refractivity contribution in [3.05, 3.63) is 29.8 Å². The van der Waals surface area contributed by atoms with E-state index in [-0.39, 0.29) is 23.5 Å². The van der Waals surface area contributed by atoms with Crippen molar-refractivity contribution >= 4 is 41.0 Å². The highest BCUT2D eigenvalue weighted by molar-refractivity contribution is 8.15. The molecular weight excluding hydrogens is 398 g/mol. The Bertz CT molecular complexity index is 779. The maximum atomic E-state index is 11.6. The molecule has 0 aliphatic carbocycles. The van der Waals surface area contributed by atoms with Crippen LogP contribution in [0.5, 0.6) is 5.75 Å². The van der Waals surface area contributed by atoms with Gasteiger partial charge in [0.05, 0.1) is 25.8 Å². The Labute approximate surface area is 172 Å². The zero-order valence-corrected chi connectivity index (χ0v) is 16.8. The summed E-state index contributed by atoms with van der Waals surface area (Å²) in [5, 5.41) is 18.7. The van der Waals surface area contributed by atoms with Gasteiger partial charge in [-0.2, -0.15) is 5.10 Å². The summed E-state index contributed by atoms with van der Waals surface area (Å²) < 4.78 is 10.5. The van der Waals surface area contributed by atoms with E-state index < -0.39 is 11.2 Å². The van der Waals surface area contributed by atoms with Crippen LogP contribution in [0, 0.1) is 0 Å². The molecule has 1 atom stereocenters. The third kappa shape index (κ3) is 8.34. The quantitative estimate of drug-likeness (QED) is 0.243. The lowest BCUT2D eigenvalue weighted by Crippen LogP contribution is -2.26. The number of carbonyl (C=O) groups is 3. The summed E-state index contributed by atoms with van der Waals surface area (Å²) in [6, 6.07) is 7.22. The van der Waals surface area contributed by atoms with Gasteiger partial charge in [0.1, 0.15) is 11.0 Å². The Hall–Kier alpha value is -2.88. The fourth-order valence-corrected chi connectivity index (χ4v) is 3.25. The van der Waals surface area contributed by atoms with E-state index in [1.165, 1.54) is 6.21 Å². The van der Waals surface area contributed by atoms with Gasteiger partial charge >= 0.3 is 11.9 Å². The first-order chi connectivity index (χ1) is 14.0. The molecule has 1 aliphatic rings. The van der Waals surface area contributed by atoms with Gasteiger partial charge in [-0.25, -0.2) is 0 Å². The second-order valence-corrected chi connectivity index (χ2v) is 7.21. The maximum absolute atomic E-state index is 11.6. The van der Waals surface area contributed by atoms with E-state index in [0.29, 0.717) is 31.8 Å². The van der Waals surface area contributed by atoms with Crippen LogP contribution in [-0.2, 0) is 19.1 Å². The SMILES string of the molecule is CCOC(=O)CCCCOc1ccc(C=NN=C2NC(=O)C(CC(=O)O)S2)cc1. The summed E-state index contributed by atoms with van der Waals surface area (Å²) in [5.74, 6) is -0.897. The van der Waals surface area contributed by atoms with Crippen LogP contribution in [0.25, 0.3) is 0 Å². The van der Waals surface area contributed by atoms with Crippen molar-refractivity contribution in [2.24, 2.45) is 10.2 Å². The number of hydrogen-bond donors (Lipinski definition) is 2. The van der Waals surface area contributed by atoms with Crippen molar-refractivity contribution < 1.29 is 29.0 Å². The van der Waals surface area contributed by atoms with Gasteiger partial charge in [-0.15, -0.1) is 5.10 Å². The normalized spacial score (nSPS) is 17.5. The minimum atomic E-state index is -1.04.